The van der Waals surface area contributed by atoms with E-state index in [4.69, 9.17) is 0 Å². The molecule has 0 spiro atoms. The Morgan fingerprint density at radius 3 is 1.73 bits per heavy atom. The zero-order valence-electron chi connectivity index (χ0n) is 28.4. The van der Waals surface area contributed by atoms with Crippen molar-refractivity contribution in [2.24, 2.45) is 0 Å². The Morgan fingerprint density at radius 1 is 0.346 bits per heavy atom. The molecule has 1 aromatic heterocycles. The van der Waals surface area contributed by atoms with E-state index in [1.54, 1.807) is 0 Å². The molecule has 10 rings (SSSR count). The highest BCUT2D eigenvalue weighted by atomic mass is 32.1. The fraction of sp³-hybridized carbons (Fsp3) is 0. The van der Waals surface area contributed by atoms with Crippen LogP contribution in [0.5, 0.6) is 0 Å². The highest BCUT2D eigenvalue weighted by Crippen LogP contribution is 2.46. The first-order chi connectivity index (χ1) is 25.8. The number of fused-ring (bicyclic) bond motifs is 5. The Morgan fingerprint density at radius 2 is 0.942 bits per heavy atom. The monoisotopic (exact) mass is 679 g/mol. The van der Waals surface area contributed by atoms with Crippen LogP contribution in [0.3, 0.4) is 0 Å². The zero-order chi connectivity index (χ0) is 34.4. The van der Waals surface area contributed by atoms with Gasteiger partial charge >= 0.3 is 0 Å². The summed E-state index contributed by atoms with van der Waals surface area (Å²) in [5, 5.41) is 7.60. The Labute approximate surface area is 307 Å². The molecule has 0 aliphatic rings. The summed E-state index contributed by atoms with van der Waals surface area (Å²) in [7, 11) is 0. The summed E-state index contributed by atoms with van der Waals surface area (Å²) in [5.41, 5.74) is 10.8. The van der Waals surface area contributed by atoms with E-state index >= 15 is 0 Å². The van der Waals surface area contributed by atoms with Crippen LogP contribution in [0.1, 0.15) is 0 Å². The summed E-state index contributed by atoms with van der Waals surface area (Å²) >= 11 is 1.87. The fourth-order valence-electron chi connectivity index (χ4n) is 7.73. The third-order valence-electron chi connectivity index (χ3n) is 10.3. The molecule has 0 atom stereocenters. The Kier molecular flexibility index (Phi) is 7.41. The SMILES string of the molecule is c1ccc(-c2ccc3ccccc3c2-c2ccc(N(c3ccc(-c4ccc5ccccc5c4)cc3)c3cccc4c3sc3ccccc34)cc2)cc1. The number of hydrogen-bond acceptors (Lipinski definition) is 2. The molecule has 244 valence electrons. The van der Waals surface area contributed by atoms with E-state index in [0.29, 0.717) is 0 Å². The van der Waals surface area contributed by atoms with Crippen molar-refractivity contribution in [3.8, 4) is 33.4 Å². The van der Waals surface area contributed by atoms with Gasteiger partial charge in [0.1, 0.15) is 0 Å². The van der Waals surface area contributed by atoms with E-state index in [9.17, 15) is 0 Å². The van der Waals surface area contributed by atoms with E-state index in [2.05, 4.69) is 205 Å². The summed E-state index contributed by atoms with van der Waals surface area (Å²) in [6, 6.07) is 72.9. The molecule has 0 aliphatic carbocycles. The van der Waals surface area contributed by atoms with Crippen LogP contribution in [-0.2, 0) is 0 Å². The van der Waals surface area contributed by atoms with Crippen LogP contribution in [0.25, 0.3) is 75.1 Å². The molecule has 0 unspecified atom stereocenters. The van der Waals surface area contributed by atoms with Crippen LogP contribution in [-0.4, -0.2) is 0 Å². The van der Waals surface area contributed by atoms with Crippen LogP contribution in [0.2, 0.25) is 0 Å². The number of thiophene rings is 1. The van der Waals surface area contributed by atoms with Gasteiger partial charge in [-0.05, 0) is 97.4 Å². The second kappa shape index (κ2) is 12.7. The van der Waals surface area contributed by atoms with Crippen molar-refractivity contribution in [1.82, 2.24) is 0 Å². The predicted molar refractivity (Wildman–Crippen MR) is 225 cm³/mol. The second-order valence-electron chi connectivity index (χ2n) is 13.3. The maximum Gasteiger partial charge on any atom is 0.0640 e. The Bertz CT molecular complexity index is 2890. The highest BCUT2D eigenvalue weighted by molar-refractivity contribution is 7.26. The predicted octanol–water partition coefficient (Wildman–Crippen LogP) is 14.8. The molecule has 0 radical (unpaired) electrons. The Hall–Kier alpha value is -6.48. The number of hydrogen-bond donors (Lipinski definition) is 0. The molecule has 0 saturated carbocycles. The molecule has 0 saturated heterocycles. The molecule has 0 N–H and O–H groups in total. The molecule has 1 heterocycles. The number of rotatable bonds is 6. The molecule has 0 aliphatic heterocycles. The van der Waals surface area contributed by atoms with Gasteiger partial charge in [0.15, 0.2) is 0 Å². The van der Waals surface area contributed by atoms with Crippen molar-refractivity contribution in [3.05, 3.63) is 200 Å². The van der Waals surface area contributed by atoms with Crippen molar-refractivity contribution in [2.45, 2.75) is 0 Å². The molecule has 9 aromatic carbocycles. The summed E-state index contributed by atoms with van der Waals surface area (Å²) in [4.78, 5) is 2.42. The van der Waals surface area contributed by atoms with Crippen molar-refractivity contribution >= 4 is 70.1 Å². The summed E-state index contributed by atoms with van der Waals surface area (Å²) < 4.78 is 2.59. The second-order valence-corrected chi connectivity index (χ2v) is 14.4. The van der Waals surface area contributed by atoms with Crippen LogP contribution in [0.4, 0.5) is 17.1 Å². The van der Waals surface area contributed by atoms with E-state index in [0.717, 1.165) is 11.4 Å². The maximum absolute atomic E-state index is 2.42. The van der Waals surface area contributed by atoms with Gasteiger partial charge in [-0.2, -0.15) is 0 Å². The molecule has 0 fully saturated rings. The molecule has 0 amide bonds. The smallest absolute Gasteiger partial charge is 0.0640 e. The minimum absolute atomic E-state index is 1.12. The first-order valence-corrected chi connectivity index (χ1v) is 18.6. The van der Waals surface area contributed by atoms with Crippen LogP contribution in [0, 0.1) is 0 Å². The maximum atomic E-state index is 2.42. The third kappa shape index (κ3) is 5.24. The van der Waals surface area contributed by atoms with Crippen molar-refractivity contribution in [3.63, 3.8) is 0 Å². The summed E-state index contributed by atoms with van der Waals surface area (Å²) in [6.45, 7) is 0. The van der Waals surface area contributed by atoms with Crippen LogP contribution < -0.4 is 4.90 Å². The van der Waals surface area contributed by atoms with Gasteiger partial charge in [-0.15, -0.1) is 11.3 Å². The average Bonchev–Trinajstić information content (AvgIpc) is 3.61. The largest absolute Gasteiger partial charge is 0.309 e. The number of nitrogens with zero attached hydrogens (tertiary/aromatic N) is 1. The summed E-state index contributed by atoms with van der Waals surface area (Å²) in [5.74, 6) is 0. The van der Waals surface area contributed by atoms with Crippen molar-refractivity contribution in [1.29, 1.82) is 0 Å². The van der Waals surface area contributed by atoms with Gasteiger partial charge in [0, 0.05) is 26.8 Å². The normalized spacial score (nSPS) is 11.5. The molecule has 0 bridgehead atoms. The standard InChI is InChI=1S/C50H33NS/c1-2-12-36(13-3-1)44-32-27-37-14-6-7-16-43(37)49(44)38-25-30-42(31-26-38)51(47-19-10-18-46-45-17-8-9-20-48(45)52-50(46)47)41-28-23-35(24-29-41)40-22-21-34-11-4-5-15-39(34)33-40/h1-33H. The highest BCUT2D eigenvalue weighted by Gasteiger charge is 2.19. The van der Waals surface area contributed by atoms with Crippen molar-refractivity contribution < 1.29 is 0 Å². The topological polar surface area (TPSA) is 3.24 Å². The van der Waals surface area contributed by atoms with E-state index in [1.807, 2.05) is 11.3 Å². The van der Waals surface area contributed by atoms with Gasteiger partial charge in [-0.3, -0.25) is 0 Å². The lowest BCUT2D eigenvalue weighted by Crippen LogP contribution is -2.10. The minimum Gasteiger partial charge on any atom is -0.309 e. The number of anilines is 3. The molecule has 10 aromatic rings. The molecule has 52 heavy (non-hydrogen) atoms. The van der Waals surface area contributed by atoms with E-state index < -0.39 is 0 Å². The van der Waals surface area contributed by atoms with Gasteiger partial charge < -0.3 is 4.90 Å². The fourth-order valence-corrected chi connectivity index (χ4v) is 8.93. The van der Waals surface area contributed by atoms with Gasteiger partial charge in [-0.1, -0.05) is 158 Å². The summed E-state index contributed by atoms with van der Waals surface area (Å²) in [6.07, 6.45) is 0. The lowest BCUT2D eigenvalue weighted by Gasteiger charge is -2.27. The molecular formula is C50H33NS. The van der Waals surface area contributed by atoms with E-state index in [1.165, 1.54) is 80.8 Å². The minimum atomic E-state index is 1.12. The third-order valence-corrected chi connectivity index (χ3v) is 11.5. The van der Waals surface area contributed by atoms with Crippen LogP contribution >= 0.6 is 11.3 Å². The van der Waals surface area contributed by atoms with Gasteiger partial charge in [0.05, 0.1) is 10.4 Å². The van der Waals surface area contributed by atoms with Gasteiger partial charge in [0.2, 0.25) is 0 Å². The first-order valence-electron chi connectivity index (χ1n) is 17.8. The number of benzene rings is 9. The lowest BCUT2D eigenvalue weighted by atomic mass is 9.89. The quantitative estimate of drug-likeness (QED) is 0.169. The average molecular weight is 680 g/mol. The Balaban J connectivity index is 1.13. The molecule has 1 nitrogen and oxygen atoms in total. The zero-order valence-corrected chi connectivity index (χ0v) is 29.2. The van der Waals surface area contributed by atoms with Gasteiger partial charge in [-0.25, -0.2) is 0 Å². The molecular weight excluding hydrogens is 647 g/mol. The molecule has 2 heteroatoms. The lowest BCUT2D eigenvalue weighted by molar-refractivity contribution is 1.30. The van der Waals surface area contributed by atoms with Crippen molar-refractivity contribution in [2.75, 3.05) is 4.90 Å². The van der Waals surface area contributed by atoms with Crippen LogP contribution in [0.15, 0.2) is 200 Å². The van der Waals surface area contributed by atoms with Gasteiger partial charge in [0.25, 0.3) is 0 Å². The van der Waals surface area contributed by atoms with E-state index in [-0.39, 0.29) is 0 Å². The first kappa shape index (κ1) is 30.4.